The summed E-state index contributed by atoms with van der Waals surface area (Å²) in [5.41, 5.74) is 1.09. The second-order valence-electron chi connectivity index (χ2n) is 8.00. The summed E-state index contributed by atoms with van der Waals surface area (Å²) >= 11 is 9.33. The standard InChI is InChI=1S/C24H18Br2N4O4S2/c25-15-1-3-17(31)13(9-15)11-19-21(33)27-23(35-19)29-5-7-30(8-6-29)24-28-22(34)20(36-24)12-14-10-16(26)2-4-18(14)32/h1-4,9-12,31-32H,5-8H2/b19-11+,20-12+. The van der Waals surface area contributed by atoms with E-state index in [0.29, 0.717) is 57.5 Å². The van der Waals surface area contributed by atoms with Gasteiger partial charge in [0.2, 0.25) is 0 Å². The maximum atomic E-state index is 12.5. The fourth-order valence-electron chi connectivity index (χ4n) is 3.72. The lowest BCUT2D eigenvalue weighted by atomic mass is 10.2. The Kier molecular flexibility index (Phi) is 7.29. The van der Waals surface area contributed by atoms with Gasteiger partial charge in [-0.1, -0.05) is 31.9 Å². The van der Waals surface area contributed by atoms with Gasteiger partial charge < -0.3 is 20.0 Å². The summed E-state index contributed by atoms with van der Waals surface area (Å²) in [5.74, 6) is -0.476. The summed E-state index contributed by atoms with van der Waals surface area (Å²) in [6.45, 7) is 2.48. The number of phenols is 2. The maximum Gasteiger partial charge on any atom is 0.286 e. The molecule has 8 nitrogen and oxygen atoms in total. The molecule has 0 radical (unpaired) electrons. The molecule has 2 amide bonds. The smallest absolute Gasteiger partial charge is 0.286 e. The largest absolute Gasteiger partial charge is 0.507 e. The van der Waals surface area contributed by atoms with Crippen LogP contribution in [0.1, 0.15) is 11.1 Å². The zero-order valence-corrected chi connectivity index (χ0v) is 23.3. The van der Waals surface area contributed by atoms with Crippen molar-refractivity contribution in [2.45, 2.75) is 0 Å². The van der Waals surface area contributed by atoms with E-state index in [0.717, 1.165) is 8.95 Å². The Bertz CT molecular complexity index is 1290. The molecule has 0 saturated carbocycles. The van der Waals surface area contributed by atoms with Crippen molar-refractivity contribution in [1.29, 1.82) is 0 Å². The topological polar surface area (TPSA) is 106 Å². The van der Waals surface area contributed by atoms with Gasteiger partial charge in [0.05, 0.1) is 9.81 Å². The molecular formula is C24H18Br2N4O4S2. The van der Waals surface area contributed by atoms with Crippen molar-refractivity contribution in [2.75, 3.05) is 26.2 Å². The number of amides is 2. The molecule has 5 rings (SSSR count). The summed E-state index contributed by atoms with van der Waals surface area (Å²) in [4.78, 5) is 38.4. The molecule has 0 spiro atoms. The SMILES string of the molecule is O=C1N=C(N2CCN(C3=NC(=O)/C(=C\c4cc(Br)ccc4O)S3)CC2)S/C1=C/c1cc(Br)ccc1O. The van der Waals surface area contributed by atoms with E-state index in [1.165, 1.54) is 23.5 Å². The molecule has 2 N–H and O–H groups in total. The Hall–Kier alpha value is -2.54. The molecule has 12 heteroatoms. The molecule has 3 aliphatic rings. The highest BCUT2D eigenvalue weighted by Crippen LogP contribution is 2.35. The van der Waals surface area contributed by atoms with Crippen LogP contribution in [0.4, 0.5) is 0 Å². The second-order valence-corrected chi connectivity index (χ2v) is 11.9. The number of thioether (sulfide) groups is 2. The Morgan fingerprint density at radius 2 is 1.11 bits per heavy atom. The molecule has 0 bridgehead atoms. The molecule has 2 aromatic rings. The monoisotopic (exact) mass is 648 g/mol. The Balaban J connectivity index is 1.21. The number of amidine groups is 2. The highest BCUT2D eigenvalue weighted by atomic mass is 79.9. The summed E-state index contributed by atoms with van der Waals surface area (Å²) in [6.07, 6.45) is 3.29. The van der Waals surface area contributed by atoms with Crippen LogP contribution in [0.2, 0.25) is 0 Å². The van der Waals surface area contributed by atoms with Gasteiger partial charge in [-0.05, 0) is 72.1 Å². The molecule has 36 heavy (non-hydrogen) atoms. The molecule has 0 aliphatic carbocycles. The molecule has 1 saturated heterocycles. The fourth-order valence-corrected chi connectivity index (χ4v) is 6.39. The number of phenolic OH excluding ortho intramolecular Hbond substituents is 2. The van der Waals surface area contributed by atoms with E-state index < -0.39 is 0 Å². The van der Waals surface area contributed by atoms with E-state index in [9.17, 15) is 19.8 Å². The van der Waals surface area contributed by atoms with Crippen LogP contribution in [-0.4, -0.2) is 68.3 Å². The summed E-state index contributed by atoms with van der Waals surface area (Å²) in [7, 11) is 0. The van der Waals surface area contributed by atoms with Crippen LogP contribution in [0.25, 0.3) is 12.2 Å². The lowest BCUT2D eigenvalue weighted by molar-refractivity contribution is -0.114. The normalized spacial score (nSPS) is 20.5. The van der Waals surface area contributed by atoms with Crippen molar-refractivity contribution < 1.29 is 19.8 Å². The van der Waals surface area contributed by atoms with Gasteiger partial charge in [-0.15, -0.1) is 0 Å². The molecule has 3 aliphatic heterocycles. The number of rotatable bonds is 2. The Labute approximate surface area is 232 Å². The quantitative estimate of drug-likeness (QED) is 0.444. The predicted molar refractivity (Wildman–Crippen MR) is 151 cm³/mol. The number of aliphatic imine (C=N–C) groups is 2. The van der Waals surface area contributed by atoms with Gasteiger partial charge in [0.1, 0.15) is 11.5 Å². The highest BCUT2D eigenvalue weighted by Gasteiger charge is 2.32. The van der Waals surface area contributed by atoms with Gasteiger partial charge in [0.25, 0.3) is 11.8 Å². The zero-order valence-electron chi connectivity index (χ0n) is 18.5. The first-order valence-electron chi connectivity index (χ1n) is 10.8. The number of carbonyl (C=O) groups is 2. The maximum absolute atomic E-state index is 12.5. The van der Waals surface area contributed by atoms with Crippen molar-refractivity contribution in [1.82, 2.24) is 9.80 Å². The molecular weight excluding hydrogens is 632 g/mol. The van der Waals surface area contributed by atoms with Crippen molar-refractivity contribution >= 4 is 89.7 Å². The predicted octanol–water partition coefficient (Wildman–Crippen LogP) is 4.88. The number of halogens is 2. The first kappa shape index (κ1) is 25.1. The third kappa shape index (κ3) is 5.41. The molecule has 0 unspecified atom stereocenters. The minimum atomic E-state index is -0.330. The molecule has 1 fully saturated rings. The van der Waals surface area contributed by atoms with E-state index in [-0.39, 0.29) is 23.3 Å². The van der Waals surface area contributed by atoms with E-state index in [2.05, 4.69) is 41.8 Å². The van der Waals surface area contributed by atoms with Crippen LogP contribution in [0.15, 0.2) is 65.1 Å². The third-order valence-electron chi connectivity index (χ3n) is 5.59. The Morgan fingerprint density at radius 1 is 0.722 bits per heavy atom. The minimum Gasteiger partial charge on any atom is -0.507 e. The number of nitrogens with zero attached hydrogens (tertiary/aromatic N) is 4. The molecule has 0 aromatic heterocycles. The summed E-state index contributed by atoms with van der Waals surface area (Å²) in [5, 5.41) is 21.4. The number of benzene rings is 2. The number of carbonyl (C=O) groups excluding carboxylic acids is 2. The lowest BCUT2D eigenvalue weighted by Crippen LogP contribution is -2.49. The number of hydrogen-bond donors (Lipinski definition) is 2. The van der Waals surface area contributed by atoms with Crippen LogP contribution in [-0.2, 0) is 9.59 Å². The lowest BCUT2D eigenvalue weighted by Gasteiger charge is -2.35. The highest BCUT2D eigenvalue weighted by molar-refractivity contribution is 9.10. The minimum absolute atomic E-state index is 0.0917. The van der Waals surface area contributed by atoms with Crippen molar-refractivity contribution in [3.63, 3.8) is 0 Å². The summed E-state index contributed by atoms with van der Waals surface area (Å²) in [6, 6.07) is 10.1. The van der Waals surface area contributed by atoms with Crippen molar-refractivity contribution in [3.05, 3.63) is 66.3 Å². The second kappa shape index (κ2) is 10.4. The van der Waals surface area contributed by atoms with E-state index in [1.54, 1.807) is 48.6 Å². The van der Waals surface area contributed by atoms with Crippen LogP contribution >= 0.6 is 55.4 Å². The summed E-state index contributed by atoms with van der Waals surface area (Å²) < 4.78 is 1.61. The van der Waals surface area contributed by atoms with Crippen LogP contribution in [0.5, 0.6) is 11.5 Å². The van der Waals surface area contributed by atoms with Crippen LogP contribution in [0, 0.1) is 0 Å². The van der Waals surface area contributed by atoms with Gasteiger partial charge in [-0.3, -0.25) is 9.59 Å². The average Bonchev–Trinajstić information content (AvgIpc) is 3.41. The number of piperazine rings is 1. The van der Waals surface area contributed by atoms with Gasteiger partial charge >= 0.3 is 0 Å². The van der Waals surface area contributed by atoms with Crippen molar-refractivity contribution in [2.24, 2.45) is 9.98 Å². The first-order valence-corrected chi connectivity index (χ1v) is 14.0. The van der Waals surface area contributed by atoms with Gasteiger partial charge in [0.15, 0.2) is 10.3 Å². The average molecular weight is 650 g/mol. The number of hydrogen-bond acceptors (Lipinski definition) is 8. The Morgan fingerprint density at radius 3 is 1.50 bits per heavy atom. The molecule has 184 valence electrons. The third-order valence-corrected chi connectivity index (χ3v) is 8.67. The van der Waals surface area contributed by atoms with E-state index >= 15 is 0 Å². The first-order chi connectivity index (χ1) is 17.3. The molecule has 3 heterocycles. The zero-order chi connectivity index (χ0) is 25.4. The van der Waals surface area contributed by atoms with Crippen LogP contribution in [0.3, 0.4) is 0 Å². The van der Waals surface area contributed by atoms with Crippen LogP contribution < -0.4 is 0 Å². The molecule has 0 atom stereocenters. The van der Waals surface area contributed by atoms with Gasteiger partial charge in [-0.25, -0.2) is 0 Å². The fraction of sp³-hybridized carbons (Fsp3) is 0.167. The van der Waals surface area contributed by atoms with E-state index in [4.69, 9.17) is 0 Å². The van der Waals surface area contributed by atoms with Crippen molar-refractivity contribution in [3.8, 4) is 11.5 Å². The van der Waals surface area contributed by atoms with Gasteiger partial charge in [-0.2, -0.15) is 9.98 Å². The number of aromatic hydroxyl groups is 2. The van der Waals surface area contributed by atoms with Gasteiger partial charge in [0, 0.05) is 46.3 Å². The molecule has 2 aromatic carbocycles. The van der Waals surface area contributed by atoms with E-state index in [1.807, 2.05) is 9.80 Å².